The Bertz CT molecular complexity index is 423. The maximum absolute atomic E-state index is 5.32. The van der Waals surface area contributed by atoms with Crippen molar-refractivity contribution in [3.05, 3.63) is 29.8 Å². The number of methoxy groups -OCH3 is 1. The number of thiocarbonyl (C=S) groups is 1. The summed E-state index contributed by atoms with van der Waals surface area (Å²) < 4.78 is 5.15. The molecule has 1 unspecified atom stereocenters. The van der Waals surface area contributed by atoms with Crippen LogP contribution in [0.4, 0.5) is 5.69 Å². The van der Waals surface area contributed by atoms with Crippen LogP contribution >= 0.6 is 12.2 Å². The Kier molecular flexibility index (Phi) is 6.43. The Labute approximate surface area is 128 Å². The molecule has 0 saturated heterocycles. The monoisotopic (exact) mass is 294 g/mol. The largest absolute Gasteiger partial charge is 0.383 e. The maximum atomic E-state index is 5.32. The summed E-state index contributed by atoms with van der Waals surface area (Å²) in [6.07, 6.45) is 0.971. The highest BCUT2D eigenvalue weighted by Gasteiger charge is 2.13. The summed E-state index contributed by atoms with van der Waals surface area (Å²) in [5, 5.41) is 7.10. The number of hydrogen-bond acceptors (Lipinski definition) is 2. The summed E-state index contributed by atoms with van der Waals surface area (Å²) in [5.41, 5.74) is 2.48. The number of rotatable bonds is 5. The Morgan fingerprint density at radius 3 is 2.30 bits per heavy atom. The van der Waals surface area contributed by atoms with E-state index in [0.29, 0.717) is 11.7 Å². The first kappa shape index (κ1) is 16.9. The van der Waals surface area contributed by atoms with Gasteiger partial charge in [0.15, 0.2) is 5.11 Å². The third kappa shape index (κ3) is 5.47. The zero-order chi connectivity index (χ0) is 15.2. The van der Waals surface area contributed by atoms with Gasteiger partial charge in [0, 0.05) is 12.8 Å². The lowest BCUT2D eigenvalue weighted by Gasteiger charge is -2.21. The first-order valence-corrected chi connectivity index (χ1v) is 7.44. The van der Waals surface area contributed by atoms with Crippen molar-refractivity contribution in [2.45, 2.75) is 45.6 Å². The van der Waals surface area contributed by atoms with Gasteiger partial charge >= 0.3 is 0 Å². The maximum Gasteiger partial charge on any atom is 0.171 e. The molecule has 112 valence electrons. The Balaban J connectivity index is 2.58. The lowest BCUT2D eigenvalue weighted by atomic mass is 9.87. The van der Waals surface area contributed by atoms with Crippen molar-refractivity contribution < 1.29 is 4.74 Å². The molecule has 0 saturated carbocycles. The van der Waals surface area contributed by atoms with Crippen LogP contribution in [-0.2, 0) is 10.2 Å². The van der Waals surface area contributed by atoms with Gasteiger partial charge in [0.05, 0.1) is 12.6 Å². The SMILES string of the molecule is CCC(COC)NC(=S)Nc1ccc(C(C)(C)C)cc1. The molecule has 3 nitrogen and oxygen atoms in total. The molecule has 1 aromatic carbocycles. The predicted molar refractivity (Wildman–Crippen MR) is 90.5 cm³/mol. The van der Waals surface area contributed by atoms with Gasteiger partial charge in [-0.3, -0.25) is 0 Å². The molecular weight excluding hydrogens is 268 g/mol. The third-order valence-corrected chi connectivity index (χ3v) is 3.42. The standard InChI is InChI=1S/C16H26N2OS/c1-6-13(11-19-5)17-15(20)18-14-9-7-12(8-10-14)16(2,3)4/h7-10,13H,6,11H2,1-5H3,(H2,17,18,20). The Hall–Kier alpha value is -1.13. The van der Waals surface area contributed by atoms with Crippen molar-refractivity contribution >= 4 is 23.0 Å². The highest BCUT2D eigenvalue weighted by molar-refractivity contribution is 7.80. The minimum Gasteiger partial charge on any atom is -0.383 e. The van der Waals surface area contributed by atoms with Crippen molar-refractivity contribution in [3.8, 4) is 0 Å². The van der Waals surface area contributed by atoms with Crippen molar-refractivity contribution in [3.63, 3.8) is 0 Å². The highest BCUT2D eigenvalue weighted by Crippen LogP contribution is 2.23. The van der Waals surface area contributed by atoms with Crippen molar-refractivity contribution in [1.29, 1.82) is 0 Å². The van der Waals surface area contributed by atoms with Crippen molar-refractivity contribution in [2.24, 2.45) is 0 Å². The third-order valence-electron chi connectivity index (χ3n) is 3.20. The number of benzene rings is 1. The fraction of sp³-hybridized carbons (Fsp3) is 0.562. The zero-order valence-corrected chi connectivity index (χ0v) is 13.9. The highest BCUT2D eigenvalue weighted by atomic mass is 32.1. The molecule has 1 atom stereocenters. The minimum absolute atomic E-state index is 0.170. The van der Waals surface area contributed by atoms with Gasteiger partial charge in [-0.05, 0) is 41.7 Å². The van der Waals surface area contributed by atoms with Crippen molar-refractivity contribution in [2.75, 3.05) is 19.0 Å². The molecule has 20 heavy (non-hydrogen) atoms. The summed E-state index contributed by atoms with van der Waals surface area (Å²) >= 11 is 5.32. The summed E-state index contributed by atoms with van der Waals surface area (Å²) in [6.45, 7) is 9.38. The molecule has 0 aromatic heterocycles. The van der Waals surface area contributed by atoms with Gasteiger partial charge in [0.1, 0.15) is 0 Å². The second-order valence-electron chi connectivity index (χ2n) is 5.99. The van der Waals surface area contributed by atoms with E-state index in [1.807, 2.05) is 0 Å². The molecule has 0 spiro atoms. The predicted octanol–water partition coefficient (Wildman–Crippen LogP) is 3.70. The van der Waals surface area contributed by atoms with Gasteiger partial charge < -0.3 is 15.4 Å². The van der Waals surface area contributed by atoms with Crippen LogP contribution in [0.5, 0.6) is 0 Å². The van der Waals surface area contributed by atoms with Gasteiger partial charge in [-0.1, -0.05) is 39.8 Å². The molecular formula is C16H26N2OS. The average molecular weight is 294 g/mol. The minimum atomic E-state index is 0.170. The second kappa shape index (κ2) is 7.60. The summed E-state index contributed by atoms with van der Waals surface area (Å²) in [6, 6.07) is 8.64. The summed E-state index contributed by atoms with van der Waals surface area (Å²) in [5.74, 6) is 0. The molecule has 4 heteroatoms. The smallest absolute Gasteiger partial charge is 0.171 e. The Morgan fingerprint density at radius 2 is 1.85 bits per heavy atom. The van der Waals surface area contributed by atoms with Crippen LogP contribution in [0.2, 0.25) is 0 Å². The second-order valence-corrected chi connectivity index (χ2v) is 6.39. The van der Waals surface area contributed by atoms with Crippen LogP contribution in [-0.4, -0.2) is 24.9 Å². The van der Waals surface area contributed by atoms with E-state index in [1.165, 1.54) is 5.56 Å². The Morgan fingerprint density at radius 1 is 1.25 bits per heavy atom. The fourth-order valence-corrected chi connectivity index (χ4v) is 2.15. The molecule has 2 N–H and O–H groups in total. The van der Waals surface area contributed by atoms with Gasteiger partial charge in [-0.25, -0.2) is 0 Å². The van der Waals surface area contributed by atoms with Crippen LogP contribution in [0.3, 0.4) is 0 Å². The molecule has 1 aromatic rings. The molecule has 0 aliphatic carbocycles. The topological polar surface area (TPSA) is 33.3 Å². The van der Waals surface area contributed by atoms with E-state index in [9.17, 15) is 0 Å². The molecule has 0 fully saturated rings. The van der Waals surface area contributed by atoms with E-state index < -0.39 is 0 Å². The van der Waals surface area contributed by atoms with E-state index >= 15 is 0 Å². The summed E-state index contributed by atoms with van der Waals surface area (Å²) in [4.78, 5) is 0. The first-order valence-electron chi connectivity index (χ1n) is 7.03. The quantitative estimate of drug-likeness (QED) is 0.811. The van der Waals surface area contributed by atoms with E-state index in [2.05, 4.69) is 62.6 Å². The number of ether oxygens (including phenoxy) is 1. The van der Waals surface area contributed by atoms with Gasteiger partial charge in [0.25, 0.3) is 0 Å². The normalized spacial score (nSPS) is 12.8. The van der Waals surface area contributed by atoms with E-state index in [-0.39, 0.29) is 11.5 Å². The molecule has 1 rings (SSSR count). The average Bonchev–Trinajstić information content (AvgIpc) is 2.37. The van der Waals surface area contributed by atoms with Crippen LogP contribution in [0, 0.1) is 0 Å². The van der Waals surface area contributed by atoms with Crippen molar-refractivity contribution in [1.82, 2.24) is 5.32 Å². The van der Waals surface area contributed by atoms with Crippen LogP contribution < -0.4 is 10.6 Å². The van der Waals surface area contributed by atoms with Crippen LogP contribution in [0.1, 0.15) is 39.7 Å². The molecule has 0 amide bonds. The van der Waals surface area contributed by atoms with E-state index in [4.69, 9.17) is 17.0 Å². The molecule has 0 radical (unpaired) electrons. The molecule has 0 aliphatic heterocycles. The number of nitrogens with one attached hydrogen (secondary N) is 2. The van der Waals surface area contributed by atoms with Gasteiger partial charge in [-0.15, -0.1) is 0 Å². The van der Waals surface area contributed by atoms with Gasteiger partial charge in [-0.2, -0.15) is 0 Å². The number of anilines is 1. The van der Waals surface area contributed by atoms with Crippen LogP contribution in [0.15, 0.2) is 24.3 Å². The molecule has 0 heterocycles. The fourth-order valence-electron chi connectivity index (χ4n) is 1.87. The van der Waals surface area contributed by atoms with E-state index in [0.717, 1.165) is 12.1 Å². The van der Waals surface area contributed by atoms with Gasteiger partial charge in [0.2, 0.25) is 0 Å². The lowest BCUT2D eigenvalue weighted by molar-refractivity contribution is 0.172. The van der Waals surface area contributed by atoms with Crippen LogP contribution in [0.25, 0.3) is 0 Å². The lowest BCUT2D eigenvalue weighted by Crippen LogP contribution is -2.40. The zero-order valence-electron chi connectivity index (χ0n) is 13.1. The summed E-state index contributed by atoms with van der Waals surface area (Å²) in [7, 11) is 1.70. The molecule has 0 bridgehead atoms. The number of hydrogen-bond donors (Lipinski definition) is 2. The first-order chi connectivity index (χ1) is 9.36. The van der Waals surface area contributed by atoms with E-state index in [1.54, 1.807) is 7.11 Å². The molecule has 0 aliphatic rings.